The maximum absolute atomic E-state index is 13.4. The second kappa shape index (κ2) is 9.99. The van der Waals surface area contributed by atoms with E-state index in [-0.39, 0.29) is 11.8 Å². The summed E-state index contributed by atoms with van der Waals surface area (Å²) >= 11 is 1.49. The van der Waals surface area contributed by atoms with Crippen LogP contribution in [0.1, 0.15) is 20.8 Å². The van der Waals surface area contributed by atoms with Crippen molar-refractivity contribution in [1.82, 2.24) is 19.4 Å². The van der Waals surface area contributed by atoms with E-state index in [4.69, 9.17) is 9.47 Å². The molecule has 1 saturated heterocycles. The summed E-state index contributed by atoms with van der Waals surface area (Å²) in [6.07, 6.45) is 3.56. The Morgan fingerprint density at radius 2 is 1.58 bits per heavy atom. The van der Waals surface area contributed by atoms with Crippen LogP contribution in [0, 0.1) is 0 Å². The first-order chi connectivity index (χ1) is 16.1. The third kappa shape index (κ3) is 4.54. The van der Waals surface area contributed by atoms with Gasteiger partial charge in [0, 0.05) is 37.9 Å². The summed E-state index contributed by atoms with van der Waals surface area (Å²) < 4.78 is 12.5. The lowest BCUT2D eigenvalue weighted by molar-refractivity contribution is 0.0529. The number of hydrogen-bond donors (Lipinski definition) is 0. The lowest BCUT2D eigenvalue weighted by Crippen LogP contribution is -2.50. The van der Waals surface area contributed by atoms with E-state index in [0.29, 0.717) is 48.9 Å². The van der Waals surface area contributed by atoms with Crippen LogP contribution in [0.4, 0.5) is 0 Å². The van der Waals surface area contributed by atoms with Crippen molar-refractivity contribution >= 4 is 23.6 Å². The fourth-order valence-electron chi connectivity index (χ4n) is 3.88. The summed E-state index contributed by atoms with van der Waals surface area (Å²) in [5.74, 6) is 0.869. The van der Waals surface area contributed by atoms with Gasteiger partial charge >= 0.3 is 0 Å². The first kappa shape index (κ1) is 22.7. The summed E-state index contributed by atoms with van der Waals surface area (Å²) in [6, 6.07) is 14.9. The molecule has 0 N–H and O–H groups in total. The molecule has 1 aliphatic rings. The minimum absolute atomic E-state index is 0.0965. The highest BCUT2D eigenvalue weighted by Crippen LogP contribution is 2.27. The molecule has 0 spiro atoms. The number of ether oxygens (including phenoxy) is 2. The lowest BCUT2D eigenvalue weighted by Gasteiger charge is -2.35. The number of amides is 2. The van der Waals surface area contributed by atoms with Crippen molar-refractivity contribution in [1.29, 1.82) is 0 Å². The zero-order valence-corrected chi connectivity index (χ0v) is 19.7. The zero-order valence-electron chi connectivity index (χ0n) is 18.9. The van der Waals surface area contributed by atoms with Gasteiger partial charge in [0.1, 0.15) is 17.2 Å². The SMILES string of the molecule is COc1ccc(C(=O)N2CCN(C(=O)c3cnc(SC)n3-c3ccccc3)CC2)c(OC)c1. The monoisotopic (exact) mass is 466 g/mol. The van der Waals surface area contributed by atoms with E-state index in [2.05, 4.69) is 4.98 Å². The van der Waals surface area contributed by atoms with Crippen molar-refractivity contribution in [2.75, 3.05) is 46.7 Å². The van der Waals surface area contributed by atoms with Gasteiger partial charge in [-0.05, 0) is 30.5 Å². The number of imidazole rings is 1. The minimum Gasteiger partial charge on any atom is -0.497 e. The number of methoxy groups -OCH3 is 2. The predicted molar refractivity (Wildman–Crippen MR) is 127 cm³/mol. The molecule has 2 amide bonds. The molecule has 9 heteroatoms. The van der Waals surface area contributed by atoms with E-state index in [1.165, 1.54) is 18.9 Å². The molecule has 0 saturated carbocycles. The Bertz CT molecular complexity index is 1140. The molecule has 0 unspecified atom stereocenters. The second-order valence-corrected chi connectivity index (χ2v) is 8.23. The van der Waals surface area contributed by atoms with Gasteiger partial charge in [-0.1, -0.05) is 30.0 Å². The molecule has 8 nitrogen and oxygen atoms in total. The molecule has 0 radical (unpaired) electrons. The first-order valence-corrected chi connectivity index (χ1v) is 11.8. The molecular formula is C24H26N4O4S. The molecule has 2 aromatic carbocycles. The van der Waals surface area contributed by atoms with E-state index >= 15 is 0 Å². The van der Waals surface area contributed by atoms with Crippen molar-refractivity contribution in [2.24, 2.45) is 0 Å². The topological polar surface area (TPSA) is 76.9 Å². The average molecular weight is 467 g/mol. The van der Waals surface area contributed by atoms with Crippen LogP contribution in [0.5, 0.6) is 11.5 Å². The summed E-state index contributed by atoms with van der Waals surface area (Å²) in [6.45, 7) is 1.76. The number of benzene rings is 2. The summed E-state index contributed by atoms with van der Waals surface area (Å²) in [5, 5.41) is 0.755. The highest BCUT2D eigenvalue weighted by Gasteiger charge is 2.29. The van der Waals surface area contributed by atoms with Gasteiger partial charge in [0.05, 0.1) is 26.0 Å². The molecule has 1 aromatic heterocycles. The van der Waals surface area contributed by atoms with E-state index in [9.17, 15) is 9.59 Å². The lowest BCUT2D eigenvalue weighted by atomic mass is 10.1. The van der Waals surface area contributed by atoms with Crippen molar-refractivity contribution < 1.29 is 19.1 Å². The van der Waals surface area contributed by atoms with Gasteiger partial charge in [0.25, 0.3) is 11.8 Å². The number of carbonyl (C=O) groups is 2. The molecule has 1 fully saturated rings. The van der Waals surface area contributed by atoms with Gasteiger partial charge in [0.2, 0.25) is 0 Å². The molecule has 172 valence electrons. The number of thioether (sulfide) groups is 1. The predicted octanol–water partition coefficient (Wildman–Crippen LogP) is 3.21. The van der Waals surface area contributed by atoms with E-state index in [1.54, 1.807) is 41.3 Å². The van der Waals surface area contributed by atoms with Gasteiger partial charge < -0.3 is 19.3 Å². The quantitative estimate of drug-likeness (QED) is 0.519. The summed E-state index contributed by atoms with van der Waals surface area (Å²) in [7, 11) is 3.10. The van der Waals surface area contributed by atoms with Crippen molar-refractivity contribution in [3.63, 3.8) is 0 Å². The van der Waals surface area contributed by atoms with Crippen LogP contribution in [0.3, 0.4) is 0 Å². The van der Waals surface area contributed by atoms with Gasteiger partial charge in [-0.15, -0.1) is 0 Å². The van der Waals surface area contributed by atoms with Crippen LogP contribution in [-0.2, 0) is 0 Å². The van der Waals surface area contributed by atoms with Crippen LogP contribution < -0.4 is 9.47 Å². The number of rotatable bonds is 6. The highest BCUT2D eigenvalue weighted by molar-refractivity contribution is 7.98. The molecule has 0 bridgehead atoms. The van der Waals surface area contributed by atoms with E-state index in [0.717, 1.165) is 10.8 Å². The Hall–Kier alpha value is -3.46. The van der Waals surface area contributed by atoms with Crippen LogP contribution in [0.15, 0.2) is 59.9 Å². The normalized spacial score (nSPS) is 13.7. The summed E-state index contributed by atoms with van der Waals surface area (Å²) in [5.41, 5.74) is 1.88. The Kier molecular flexibility index (Phi) is 6.88. The molecule has 1 aliphatic heterocycles. The average Bonchev–Trinajstić information content (AvgIpc) is 3.32. The highest BCUT2D eigenvalue weighted by atomic mass is 32.2. The maximum atomic E-state index is 13.4. The number of aromatic nitrogens is 2. The van der Waals surface area contributed by atoms with E-state index < -0.39 is 0 Å². The maximum Gasteiger partial charge on any atom is 0.272 e. The Morgan fingerprint density at radius 3 is 2.18 bits per heavy atom. The number of carbonyl (C=O) groups excluding carboxylic acids is 2. The van der Waals surface area contributed by atoms with Crippen molar-refractivity contribution in [3.8, 4) is 17.2 Å². The van der Waals surface area contributed by atoms with Crippen LogP contribution in [-0.4, -0.2) is 77.8 Å². The molecule has 33 heavy (non-hydrogen) atoms. The smallest absolute Gasteiger partial charge is 0.272 e. The third-order valence-electron chi connectivity index (χ3n) is 5.64. The van der Waals surface area contributed by atoms with Crippen molar-refractivity contribution in [2.45, 2.75) is 5.16 Å². The third-order valence-corrected chi connectivity index (χ3v) is 6.29. The molecule has 3 aromatic rings. The molecule has 4 rings (SSSR count). The van der Waals surface area contributed by atoms with Crippen LogP contribution in [0.25, 0.3) is 5.69 Å². The van der Waals surface area contributed by atoms with Gasteiger partial charge in [0.15, 0.2) is 5.16 Å². The van der Waals surface area contributed by atoms with Gasteiger partial charge in [-0.2, -0.15) is 0 Å². The fourth-order valence-corrected chi connectivity index (χ4v) is 4.42. The van der Waals surface area contributed by atoms with Gasteiger partial charge in [-0.25, -0.2) is 4.98 Å². The fraction of sp³-hybridized carbons (Fsp3) is 0.292. The number of piperazine rings is 1. The molecular weight excluding hydrogens is 440 g/mol. The number of para-hydroxylation sites is 1. The number of nitrogens with zero attached hydrogens (tertiary/aromatic N) is 4. The van der Waals surface area contributed by atoms with E-state index in [1.807, 2.05) is 41.2 Å². The Balaban J connectivity index is 1.49. The second-order valence-electron chi connectivity index (χ2n) is 7.45. The Morgan fingerprint density at radius 1 is 0.909 bits per heavy atom. The number of hydrogen-bond acceptors (Lipinski definition) is 6. The first-order valence-electron chi connectivity index (χ1n) is 10.5. The molecule has 0 atom stereocenters. The van der Waals surface area contributed by atoms with Crippen LogP contribution >= 0.6 is 11.8 Å². The molecule has 0 aliphatic carbocycles. The largest absolute Gasteiger partial charge is 0.497 e. The molecule has 2 heterocycles. The Labute approximate surface area is 197 Å². The van der Waals surface area contributed by atoms with Crippen LogP contribution in [0.2, 0.25) is 0 Å². The van der Waals surface area contributed by atoms with Gasteiger partial charge in [-0.3, -0.25) is 14.2 Å². The van der Waals surface area contributed by atoms with Crippen molar-refractivity contribution in [3.05, 3.63) is 66.0 Å². The summed E-state index contributed by atoms with van der Waals surface area (Å²) in [4.78, 5) is 34.4. The zero-order chi connectivity index (χ0) is 23.4. The standard InChI is InChI=1S/C24H26N4O4S/c1-31-18-9-10-19(21(15-18)32-2)22(29)26-11-13-27(14-12-26)23(30)20-16-25-24(33-3)28(20)17-7-5-4-6-8-17/h4-10,15-16H,11-14H2,1-3H3. The minimum atomic E-state index is -0.124.